The van der Waals surface area contributed by atoms with Crippen LogP contribution in [0.2, 0.25) is 5.02 Å². The van der Waals surface area contributed by atoms with Crippen molar-refractivity contribution in [3.8, 4) is 0 Å². The molecule has 0 radical (unpaired) electrons. The molecule has 3 N–H and O–H groups in total. The van der Waals surface area contributed by atoms with Crippen molar-refractivity contribution in [3.63, 3.8) is 0 Å². The maximum atomic E-state index is 14.1. The lowest BCUT2D eigenvalue weighted by Crippen LogP contribution is -2.34. The summed E-state index contributed by atoms with van der Waals surface area (Å²) in [6.45, 7) is 0.186. The Bertz CT molecular complexity index is 682. The third-order valence-electron chi connectivity index (χ3n) is 3.63. The summed E-state index contributed by atoms with van der Waals surface area (Å²) in [6.07, 6.45) is -0.429. The van der Waals surface area contributed by atoms with Gasteiger partial charge in [0.15, 0.2) is 0 Å². The SMILES string of the molecule is NNCC1(c2ccc(F)cc2F)OC1c1ccccc1Cl. The molecule has 2 atom stereocenters. The summed E-state index contributed by atoms with van der Waals surface area (Å²) in [5, 5.41) is 0.531. The molecular weight excluding hydrogens is 298 g/mol. The van der Waals surface area contributed by atoms with Gasteiger partial charge < -0.3 is 4.74 Å². The largest absolute Gasteiger partial charge is 0.354 e. The standard InChI is InChI=1S/C15H13ClF2N2O/c16-12-4-2-1-3-10(12)14-15(21-14,8-20-19)11-6-5-9(17)7-13(11)18/h1-7,14,20H,8,19H2. The Kier molecular flexibility index (Phi) is 3.67. The molecule has 1 aliphatic heterocycles. The second-order valence-corrected chi connectivity index (χ2v) is 5.32. The molecule has 2 aromatic carbocycles. The van der Waals surface area contributed by atoms with Gasteiger partial charge in [-0.1, -0.05) is 35.9 Å². The fraction of sp³-hybridized carbons (Fsp3) is 0.200. The highest BCUT2D eigenvalue weighted by molar-refractivity contribution is 6.31. The van der Waals surface area contributed by atoms with Crippen molar-refractivity contribution in [2.75, 3.05) is 6.54 Å². The van der Waals surface area contributed by atoms with Gasteiger partial charge >= 0.3 is 0 Å². The first-order valence-corrected chi connectivity index (χ1v) is 6.77. The van der Waals surface area contributed by atoms with Gasteiger partial charge in [0.1, 0.15) is 23.3 Å². The Hall–Kier alpha value is -1.53. The molecule has 0 saturated carbocycles. The Labute approximate surface area is 125 Å². The smallest absolute Gasteiger partial charge is 0.141 e. The lowest BCUT2D eigenvalue weighted by atomic mass is 9.91. The van der Waals surface area contributed by atoms with Crippen LogP contribution in [-0.2, 0) is 10.3 Å². The minimum Gasteiger partial charge on any atom is -0.354 e. The molecular formula is C15H13ClF2N2O. The van der Waals surface area contributed by atoms with Crippen LogP contribution in [0.5, 0.6) is 0 Å². The zero-order chi connectivity index (χ0) is 15.0. The van der Waals surface area contributed by atoms with Gasteiger partial charge in [-0.15, -0.1) is 0 Å². The summed E-state index contributed by atoms with van der Waals surface area (Å²) < 4.78 is 32.9. The van der Waals surface area contributed by atoms with Gasteiger partial charge in [0.05, 0.1) is 0 Å². The summed E-state index contributed by atoms with van der Waals surface area (Å²) in [6, 6.07) is 10.6. The maximum Gasteiger partial charge on any atom is 0.141 e. The van der Waals surface area contributed by atoms with Gasteiger partial charge in [-0.3, -0.25) is 11.3 Å². The van der Waals surface area contributed by atoms with Crippen LogP contribution < -0.4 is 11.3 Å². The lowest BCUT2D eigenvalue weighted by molar-refractivity contribution is 0.282. The van der Waals surface area contributed by atoms with Crippen LogP contribution in [0.15, 0.2) is 42.5 Å². The van der Waals surface area contributed by atoms with Crippen molar-refractivity contribution >= 4 is 11.6 Å². The summed E-state index contributed by atoms with van der Waals surface area (Å²) in [7, 11) is 0. The van der Waals surface area contributed by atoms with Crippen molar-refractivity contribution in [3.05, 3.63) is 70.2 Å². The van der Waals surface area contributed by atoms with Crippen LogP contribution in [0.1, 0.15) is 17.2 Å². The molecule has 110 valence electrons. The third kappa shape index (κ3) is 2.42. The molecule has 1 fully saturated rings. The van der Waals surface area contributed by atoms with Crippen molar-refractivity contribution in [2.24, 2.45) is 5.84 Å². The molecule has 0 bridgehead atoms. The zero-order valence-corrected chi connectivity index (χ0v) is 11.7. The number of hydrogen-bond acceptors (Lipinski definition) is 3. The van der Waals surface area contributed by atoms with E-state index in [9.17, 15) is 8.78 Å². The number of hydrazine groups is 1. The highest BCUT2D eigenvalue weighted by atomic mass is 35.5. The van der Waals surface area contributed by atoms with E-state index in [2.05, 4.69) is 5.43 Å². The third-order valence-corrected chi connectivity index (χ3v) is 3.98. The Morgan fingerprint density at radius 2 is 2.00 bits per heavy atom. The van der Waals surface area contributed by atoms with Gasteiger partial charge in [0, 0.05) is 28.8 Å². The molecule has 2 unspecified atom stereocenters. The van der Waals surface area contributed by atoms with Gasteiger partial charge in [0.25, 0.3) is 0 Å². The van der Waals surface area contributed by atoms with E-state index in [1.165, 1.54) is 12.1 Å². The molecule has 0 spiro atoms. The van der Waals surface area contributed by atoms with Crippen LogP contribution in [0.25, 0.3) is 0 Å². The summed E-state index contributed by atoms with van der Waals surface area (Å²) in [5.41, 5.74) is 2.53. The van der Waals surface area contributed by atoms with E-state index in [1.54, 1.807) is 12.1 Å². The van der Waals surface area contributed by atoms with Gasteiger partial charge in [-0.2, -0.15) is 0 Å². The number of nitrogens with one attached hydrogen (secondary N) is 1. The molecule has 3 rings (SSSR count). The second-order valence-electron chi connectivity index (χ2n) is 4.91. The van der Waals surface area contributed by atoms with E-state index in [1.807, 2.05) is 12.1 Å². The van der Waals surface area contributed by atoms with Crippen molar-refractivity contribution < 1.29 is 13.5 Å². The predicted octanol–water partition coefficient (Wildman–Crippen LogP) is 3.05. The zero-order valence-electron chi connectivity index (χ0n) is 10.9. The van der Waals surface area contributed by atoms with Gasteiger partial charge in [-0.25, -0.2) is 8.78 Å². The number of halogens is 3. The lowest BCUT2D eigenvalue weighted by Gasteiger charge is -2.14. The van der Waals surface area contributed by atoms with E-state index in [0.717, 1.165) is 11.6 Å². The van der Waals surface area contributed by atoms with Crippen LogP contribution in [-0.4, -0.2) is 6.54 Å². The molecule has 0 aromatic heterocycles. The first-order chi connectivity index (χ1) is 10.1. The van der Waals surface area contributed by atoms with E-state index in [-0.39, 0.29) is 12.1 Å². The first kappa shape index (κ1) is 14.4. The maximum absolute atomic E-state index is 14.1. The molecule has 0 aliphatic carbocycles. The average molecular weight is 311 g/mol. The summed E-state index contributed by atoms with van der Waals surface area (Å²) in [4.78, 5) is 0. The fourth-order valence-electron chi connectivity index (χ4n) is 2.60. The van der Waals surface area contributed by atoms with Crippen molar-refractivity contribution in [1.82, 2.24) is 5.43 Å². The number of epoxide rings is 1. The monoisotopic (exact) mass is 310 g/mol. The molecule has 21 heavy (non-hydrogen) atoms. The van der Waals surface area contributed by atoms with Crippen LogP contribution in [0.3, 0.4) is 0 Å². The van der Waals surface area contributed by atoms with Crippen molar-refractivity contribution in [1.29, 1.82) is 0 Å². The van der Waals surface area contributed by atoms with E-state index >= 15 is 0 Å². The topological polar surface area (TPSA) is 50.6 Å². The molecule has 1 aliphatic rings. The van der Waals surface area contributed by atoms with E-state index in [0.29, 0.717) is 5.02 Å². The highest BCUT2D eigenvalue weighted by Crippen LogP contribution is 2.58. The van der Waals surface area contributed by atoms with Crippen LogP contribution in [0, 0.1) is 11.6 Å². The quantitative estimate of drug-likeness (QED) is 0.518. The Morgan fingerprint density at radius 1 is 1.24 bits per heavy atom. The summed E-state index contributed by atoms with van der Waals surface area (Å²) in [5.74, 6) is 4.09. The molecule has 1 heterocycles. The van der Waals surface area contributed by atoms with Crippen LogP contribution in [0.4, 0.5) is 8.78 Å². The Balaban J connectivity index is 2.02. The Morgan fingerprint density at radius 3 is 2.67 bits per heavy atom. The van der Waals surface area contributed by atoms with E-state index < -0.39 is 23.3 Å². The summed E-state index contributed by atoms with van der Waals surface area (Å²) >= 11 is 6.15. The predicted molar refractivity (Wildman–Crippen MR) is 75.5 cm³/mol. The molecule has 3 nitrogen and oxygen atoms in total. The van der Waals surface area contributed by atoms with Crippen molar-refractivity contribution in [2.45, 2.75) is 11.7 Å². The first-order valence-electron chi connectivity index (χ1n) is 6.40. The van der Waals surface area contributed by atoms with Crippen LogP contribution >= 0.6 is 11.6 Å². The highest BCUT2D eigenvalue weighted by Gasteiger charge is 2.59. The fourth-order valence-corrected chi connectivity index (χ4v) is 2.83. The molecule has 0 amide bonds. The molecule has 1 saturated heterocycles. The van der Waals surface area contributed by atoms with Gasteiger partial charge in [-0.05, 0) is 12.1 Å². The van der Waals surface area contributed by atoms with E-state index in [4.69, 9.17) is 22.2 Å². The number of rotatable bonds is 4. The molecule has 2 aromatic rings. The normalized spacial score (nSPS) is 24.1. The minimum absolute atomic E-state index is 0.186. The second kappa shape index (κ2) is 5.35. The average Bonchev–Trinajstić information content (AvgIpc) is 3.14. The van der Waals surface area contributed by atoms with Gasteiger partial charge in [0.2, 0.25) is 0 Å². The number of nitrogens with two attached hydrogens (primary N) is 1. The molecule has 6 heteroatoms. The minimum atomic E-state index is -0.975. The number of benzene rings is 2. The number of hydrogen-bond donors (Lipinski definition) is 2. The number of ether oxygens (including phenoxy) is 1.